The number of rotatable bonds is 8. The van der Waals surface area contributed by atoms with Crippen LogP contribution in [0.1, 0.15) is 31.5 Å². The number of nitrogens with zero attached hydrogens (tertiary/aromatic N) is 1. The van der Waals surface area contributed by atoms with Crippen LogP contribution in [0.5, 0.6) is 5.75 Å². The molecule has 0 atom stereocenters. The van der Waals surface area contributed by atoms with E-state index in [1.165, 1.54) is 17.3 Å². The van der Waals surface area contributed by atoms with E-state index in [0.29, 0.717) is 11.8 Å². The molecule has 0 aliphatic carbocycles. The summed E-state index contributed by atoms with van der Waals surface area (Å²) in [5.41, 5.74) is 2.07. The molecule has 5 heteroatoms. The number of aryl methyl sites for hydroxylation is 2. The molecule has 0 amide bonds. The van der Waals surface area contributed by atoms with Gasteiger partial charge in [-0.05, 0) is 30.5 Å². The first kappa shape index (κ1) is 16.6. The Bertz CT molecular complexity index is 638. The van der Waals surface area contributed by atoms with Gasteiger partial charge in [-0.15, -0.1) is 0 Å². The first-order valence-corrected chi connectivity index (χ1v) is 8.64. The molecule has 2 rings (SSSR count). The van der Waals surface area contributed by atoms with Crippen molar-refractivity contribution in [2.45, 2.75) is 38.3 Å². The number of hydrogen-bond acceptors (Lipinski definition) is 4. The molecule has 0 saturated carbocycles. The van der Waals surface area contributed by atoms with E-state index < -0.39 is 0 Å². The van der Waals surface area contributed by atoms with E-state index in [1.54, 1.807) is 6.07 Å². The quantitative estimate of drug-likeness (QED) is 0.460. The largest absolute Gasteiger partial charge is 0.493 e. The van der Waals surface area contributed by atoms with Gasteiger partial charge in [0.15, 0.2) is 5.16 Å². The highest BCUT2D eigenvalue weighted by atomic mass is 32.2. The Morgan fingerprint density at radius 3 is 2.68 bits per heavy atom. The maximum atomic E-state index is 11.6. The van der Waals surface area contributed by atoms with Crippen molar-refractivity contribution in [2.75, 3.05) is 12.4 Å². The van der Waals surface area contributed by atoms with Crippen LogP contribution < -0.4 is 10.3 Å². The van der Waals surface area contributed by atoms with E-state index in [2.05, 4.69) is 35.9 Å². The molecule has 0 fully saturated rings. The van der Waals surface area contributed by atoms with Crippen molar-refractivity contribution in [3.8, 4) is 5.75 Å². The summed E-state index contributed by atoms with van der Waals surface area (Å²) in [4.78, 5) is 18.8. The Kier molecular flexibility index (Phi) is 6.52. The first-order valence-electron chi connectivity index (χ1n) is 7.66. The second-order valence-corrected chi connectivity index (χ2v) is 6.07. The maximum Gasteiger partial charge on any atom is 0.251 e. The third-order valence-corrected chi connectivity index (χ3v) is 4.04. The van der Waals surface area contributed by atoms with Crippen LogP contribution in [0.25, 0.3) is 0 Å². The molecule has 0 unspecified atom stereocenters. The molecule has 0 aliphatic heterocycles. The molecular formula is C17H22N2O2S. The van der Waals surface area contributed by atoms with Gasteiger partial charge in [-0.2, -0.15) is 0 Å². The number of nitrogens with one attached hydrogen (secondary N) is 1. The zero-order valence-corrected chi connectivity index (χ0v) is 13.9. The fraction of sp³-hybridized carbons (Fsp3) is 0.412. The van der Waals surface area contributed by atoms with Crippen LogP contribution in [0.4, 0.5) is 0 Å². The van der Waals surface area contributed by atoms with E-state index in [9.17, 15) is 4.79 Å². The average Bonchev–Trinajstić information content (AvgIpc) is 2.52. The number of ether oxygens (including phenoxy) is 1. The molecule has 1 aromatic carbocycles. The van der Waals surface area contributed by atoms with Crippen LogP contribution in [0.15, 0.2) is 40.3 Å². The standard InChI is InChI=1S/C17H22N2O2S/c1-3-5-14-12-16(20)19-17(18-14)22-11-10-21-15-8-6-13(4-2)7-9-15/h6-9,12H,3-5,10-11H2,1-2H3,(H,18,19,20). The minimum Gasteiger partial charge on any atom is -0.493 e. The van der Waals surface area contributed by atoms with Gasteiger partial charge in [-0.25, -0.2) is 4.98 Å². The van der Waals surface area contributed by atoms with Gasteiger partial charge in [0.05, 0.1) is 6.61 Å². The third-order valence-electron chi connectivity index (χ3n) is 3.20. The summed E-state index contributed by atoms with van der Waals surface area (Å²) >= 11 is 1.51. The molecule has 0 aliphatic rings. The normalized spacial score (nSPS) is 10.6. The van der Waals surface area contributed by atoms with Crippen molar-refractivity contribution >= 4 is 11.8 Å². The Balaban J connectivity index is 1.81. The molecule has 0 bridgehead atoms. The molecule has 1 N–H and O–H groups in total. The lowest BCUT2D eigenvalue weighted by Gasteiger charge is -2.07. The van der Waals surface area contributed by atoms with Gasteiger partial charge in [0.1, 0.15) is 5.75 Å². The summed E-state index contributed by atoms with van der Waals surface area (Å²) in [5.74, 6) is 1.62. The van der Waals surface area contributed by atoms with Crippen molar-refractivity contribution in [1.82, 2.24) is 9.97 Å². The Morgan fingerprint density at radius 1 is 1.23 bits per heavy atom. The third kappa shape index (κ3) is 5.22. The highest BCUT2D eigenvalue weighted by Gasteiger charge is 2.02. The van der Waals surface area contributed by atoms with Crippen LogP contribution in [0.3, 0.4) is 0 Å². The molecule has 1 aromatic heterocycles. The minimum absolute atomic E-state index is 0.0861. The number of aromatic nitrogens is 2. The predicted octanol–water partition coefficient (Wildman–Crippen LogP) is 3.46. The molecule has 1 heterocycles. The highest BCUT2D eigenvalue weighted by molar-refractivity contribution is 7.99. The summed E-state index contributed by atoms with van der Waals surface area (Å²) < 4.78 is 5.69. The molecule has 22 heavy (non-hydrogen) atoms. The van der Waals surface area contributed by atoms with Gasteiger partial charge in [0, 0.05) is 17.5 Å². The van der Waals surface area contributed by atoms with E-state index in [1.807, 2.05) is 12.1 Å². The van der Waals surface area contributed by atoms with Gasteiger partial charge in [0.25, 0.3) is 5.56 Å². The van der Waals surface area contributed by atoms with Crippen molar-refractivity contribution in [2.24, 2.45) is 0 Å². The topological polar surface area (TPSA) is 55.0 Å². The molecule has 4 nitrogen and oxygen atoms in total. The fourth-order valence-corrected chi connectivity index (χ4v) is 2.77. The maximum absolute atomic E-state index is 11.6. The second kappa shape index (κ2) is 8.63. The van der Waals surface area contributed by atoms with Gasteiger partial charge in [-0.3, -0.25) is 4.79 Å². The van der Waals surface area contributed by atoms with E-state index in [-0.39, 0.29) is 5.56 Å². The van der Waals surface area contributed by atoms with Crippen LogP contribution in [0.2, 0.25) is 0 Å². The summed E-state index contributed by atoms with van der Waals surface area (Å²) in [6.45, 7) is 4.79. The fourth-order valence-electron chi connectivity index (χ4n) is 2.06. The molecule has 118 valence electrons. The van der Waals surface area contributed by atoms with Gasteiger partial charge in [0.2, 0.25) is 0 Å². The summed E-state index contributed by atoms with van der Waals surface area (Å²) in [6.07, 6.45) is 2.85. The number of benzene rings is 1. The zero-order valence-electron chi connectivity index (χ0n) is 13.1. The van der Waals surface area contributed by atoms with Gasteiger partial charge >= 0.3 is 0 Å². The molecular weight excluding hydrogens is 296 g/mol. The lowest BCUT2D eigenvalue weighted by atomic mass is 10.2. The first-order chi connectivity index (χ1) is 10.7. The number of hydrogen-bond donors (Lipinski definition) is 1. The van der Waals surface area contributed by atoms with Crippen LogP contribution in [-0.2, 0) is 12.8 Å². The minimum atomic E-state index is -0.0861. The molecule has 0 spiro atoms. The van der Waals surface area contributed by atoms with Crippen LogP contribution >= 0.6 is 11.8 Å². The van der Waals surface area contributed by atoms with E-state index in [0.717, 1.165) is 36.5 Å². The van der Waals surface area contributed by atoms with Crippen molar-refractivity contribution in [3.63, 3.8) is 0 Å². The van der Waals surface area contributed by atoms with Crippen molar-refractivity contribution in [1.29, 1.82) is 0 Å². The summed E-state index contributed by atoms with van der Waals surface area (Å²) in [5, 5.41) is 0.667. The van der Waals surface area contributed by atoms with Crippen LogP contribution in [0, 0.1) is 0 Å². The second-order valence-electron chi connectivity index (χ2n) is 4.99. The summed E-state index contributed by atoms with van der Waals surface area (Å²) in [6, 6.07) is 9.71. The number of aromatic amines is 1. The van der Waals surface area contributed by atoms with Crippen LogP contribution in [-0.4, -0.2) is 22.3 Å². The van der Waals surface area contributed by atoms with Crippen molar-refractivity contribution < 1.29 is 4.74 Å². The number of H-pyrrole nitrogens is 1. The SMILES string of the molecule is CCCc1cc(=O)[nH]c(SCCOc2ccc(CC)cc2)n1. The molecule has 0 saturated heterocycles. The predicted molar refractivity (Wildman–Crippen MR) is 90.9 cm³/mol. The zero-order chi connectivity index (χ0) is 15.8. The smallest absolute Gasteiger partial charge is 0.251 e. The van der Waals surface area contributed by atoms with E-state index >= 15 is 0 Å². The highest BCUT2D eigenvalue weighted by Crippen LogP contribution is 2.15. The molecule has 0 radical (unpaired) electrons. The lowest BCUT2D eigenvalue weighted by Crippen LogP contribution is -2.11. The summed E-state index contributed by atoms with van der Waals surface area (Å²) in [7, 11) is 0. The molecule has 2 aromatic rings. The van der Waals surface area contributed by atoms with Gasteiger partial charge < -0.3 is 9.72 Å². The monoisotopic (exact) mass is 318 g/mol. The average molecular weight is 318 g/mol. The lowest BCUT2D eigenvalue weighted by molar-refractivity contribution is 0.344. The number of thioether (sulfide) groups is 1. The Labute approximate surface area is 135 Å². The van der Waals surface area contributed by atoms with Crippen molar-refractivity contribution in [3.05, 3.63) is 51.9 Å². The Morgan fingerprint density at radius 2 is 2.00 bits per heavy atom. The van der Waals surface area contributed by atoms with Gasteiger partial charge in [-0.1, -0.05) is 44.2 Å². The van der Waals surface area contributed by atoms with E-state index in [4.69, 9.17) is 4.74 Å². The Hall–Kier alpha value is -1.75.